The number of nitrogens with zero attached hydrogens (tertiary/aromatic N) is 8. The Hall–Kier alpha value is -3.54. The van der Waals surface area contributed by atoms with Crippen LogP contribution in [0.15, 0.2) is 42.9 Å². The van der Waals surface area contributed by atoms with E-state index in [1.807, 2.05) is 35.9 Å². The van der Waals surface area contributed by atoms with Crippen molar-refractivity contribution < 1.29 is 18.0 Å². The average Bonchev–Trinajstić information content (AvgIpc) is 3.30. The lowest BCUT2D eigenvalue weighted by Gasteiger charge is -2.45. The molecule has 0 unspecified atom stereocenters. The van der Waals surface area contributed by atoms with Gasteiger partial charge in [-0.05, 0) is 38.1 Å². The Kier molecular flexibility index (Phi) is 6.37. The van der Waals surface area contributed by atoms with Gasteiger partial charge in [0.25, 0.3) is 0 Å². The minimum Gasteiger partial charge on any atom is -0.354 e. The predicted octanol–water partition coefficient (Wildman–Crippen LogP) is 2.56. The normalized spacial score (nSPS) is 20.9. The van der Waals surface area contributed by atoms with Gasteiger partial charge in [-0.2, -0.15) is 23.4 Å². The Morgan fingerprint density at radius 2 is 1.89 bits per heavy atom. The fraction of sp³-hybridized carbons (Fsp3) is 0.458. The van der Waals surface area contributed by atoms with E-state index in [-0.39, 0.29) is 24.5 Å². The highest BCUT2D eigenvalue weighted by Crippen LogP contribution is 2.30. The van der Waals surface area contributed by atoms with Gasteiger partial charge < -0.3 is 9.80 Å². The Morgan fingerprint density at radius 1 is 1.11 bits per heavy atom. The van der Waals surface area contributed by atoms with Crippen molar-refractivity contribution in [3.05, 3.63) is 59.7 Å². The van der Waals surface area contributed by atoms with Crippen LogP contribution in [0.2, 0.25) is 0 Å². The first-order valence-electron chi connectivity index (χ1n) is 11.9. The molecule has 5 heterocycles. The number of hydrogen-bond acceptors (Lipinski definition) is 7. The molecule has 9 nitrogen and oxygen atoms in total. The molecule has 1 saturated heterocycles. The number of fused-ring (bicyclic) bond motifs is 1. The van der Waals surface area contributed by atoms with Crippen molar-refractivity contribution in [2.45, 2.75) is 45.1 Å². The first-order valence-corrected chi connectivity index (χ1v) is 11.9. The van der Waals surface area contributed by atoms with Crippen molar-refractivity contribution in [1.82, 2.24) is 34.8 Å². The summed E-state index contributed by atoms with van der Waals surface area (Å²) >= 11 is 0. The second-order valence-electron chi connectivity index (χ2n) is 9.37. The van der Waals surface area contributed by atoms with Crippen LogP contribution in [0.4, 0.5) is 19.0 Å². The second kappa shape index (κ2) is 9.49. The molecule has 0 N–H and O–H groups in total. The molecule has 1 amide bonds. The van der Waals surface area contributed by atoms with Crippen molar-refractivity contribution in [3.8, 4) is 5.82 Å². The van der Waals surface area contributed by atoms with Gasteiger partial charge in [0.15, 0.2) is 5.82 Å². The van der Waals surface area contributed by atoms with Crippen LogP contribution in [0.1, 0.15) is 30.7 Å². The fourth-order valence-corrected chi connectivity index (χ4v) is 4.91. The van der Waals surface area contributed by atoms with Crippen LogP contribution in [0, 0.1) is 0 Å². The standard InChI is InChI=1S/C24H27F3N8O/c1-16-11-33(21-6-5-19(10-28-21)24(25,26)27)12-17(2)34(16)15-23(36)32-9-7-20-18(13-32)14-35(31-20)22-4-3-8-29-30-22/h3-6,8,10,14,16-17H,7,9,11-13,15H2,1-2H3/t16-,17+. The molecule has 2 atom stereocenters. The van der Waals surface area contributed by atoms with E-state index in [4.69, 9.17) is 0 Å². The highest BCUT2D eigenvalue weighted by Gasteiger charge is 2.34. The van der Waals surface area contributed by atoms with E-state index in [2.05, 4.69) is 25.2 Å². The molecular weight excluding hydrogens is 473 g/mol. The summed E-state index contributed by atoms with van der Waals surface area (Å²) in [6.45, 7) is 6.58. The molecule has 1 fully saturated rings. The van der Waals surface area contributed by atoms with Crippen LogP contribution in [0.5, 0.6) is 0 Å². The largest absolute Gasteiger partial charge is 0.417 e. The van der Waals surface area contributed by atoms with Crippen molar-refractivity contribution in [2.75, 3.05) is 31.1 Å². The molecule has 12 heteroatoms. The van der Waals surface area contributed by atoms with Gasteiger partial charge in [0, 0.05) is 68.8 Å². The SMILES string of the molecule is C[C@@H]1CN(c2ccc(C(F)(F)F)cn2)C[C@H](C)N1CC(=O)N1CCc2nn(-c3cccnn3)cc2C1. The minimum absolute atomic E-state index is 0.0292. The zero-order valence-corrected chi connectivity index (χ0v) is 20.1. The molecule has 2 aliphatic rings. The lowest BCUT2D eigenvalue weighted by molar-refractivity contribution is -0.138. The highest BCUT2D eigenvalue weighted by atomic mass is 19.4. The monoisotopic (exact) mass is 500 g/mol. The number of alkyl halides is 3. The van der Waals surface area contributed by atoms with Crippen molar-refractivity contribution in [1.29, 1.82) is 0 Å². The van der Waals surface area contributed by atoms with Gasteiger partial charge in [-0.3, -0.25) is 9.69 Å². The van der Waals surface area contributed by atoms with Gasteiger partial charge in [0.1, 0.15) is 5.82 Å². The smallest absolute Gasteiger partial charge is 0.354 e. The van der Waals surface area contributed by atoms with Gasteiger partial charge in [0.2, 0.25) is 5.91 Å². The lowest BCUT2D eigenvalue weighted by Crippen LogP contribution is -2.59. The number of anilines is 1. The van der Waals surface area contributed by atoms with Gasteiger partial charge in [-0.15, -0.1) is 5.10 Å². The van der Waals surface area contributed by atoms with E-state index in [1.54, 1.807) is 16.9 Å². The van der Waals surface area contributed by atoms with Crippen LogP contribution in [0.25, 0.3) is 5.82 Å². The predicted molar refractivity (Wildman–Crippen MR) is 125 cm³/mol. The fourth-order valence-electron chi connectivity index (χ4n) is 4.91. The third-order valence-corrected chi connectivity index (χ3v) is 6.82. The Morgan fingerprint density at radius 3 is 2.53 bits per heavy atom. The van der Waals surface area contributed by atoms with Gasteiger partial charge in [0.05, 0.1) is 17.8 Å². The Balaban J connectivity index is 1.21. The summed E-state index contributed by atoms with van der Waals surface area (Å²) in [5.74, 6) is 1.19. The van der Waals surface area contributed by atoms with Crippen LogP contribution in [0.3, 0.4) is 0 Å². The Bertz CT molecular complexity index is 1200. The number of carbonyl (C=O) groups is 1. The summed E-state index contributed by atoms with van der Waals surface area (Å²) in [6.07, 6.45) is 0.647. The van der Waals surface area contributed by atoms with E-state index < -0.39 is 11.7 Å². The number of rotatable bonds is 4. The van der Waals surface area contributed by atoms with Crippen LogP contribution < -0.4 is 4.90 Å². The van der Waals surface area contributed by atoms with Gasteiger partial charge in [-0.25, -0.2) is 9.67 Å². The Labute approximate surface area is 206 Å². The van der Waals surface area contributed by atoms with E-state index in [0.29, 0.717) is 44.2 Å². The zero-order valence-electron chi connectivity index (χ0n) is 20.1. The van der Waals surface area contributed by atoms with E-state index in [1.165, 1.54) is 6.07 Å². The lowest BCUT2D eigenvalue weighted by atomic mass is 10.1. The van der Waals surface area contributed by atoms with Crippen molar-refractivity contribution in [2.24, 2.45) is 0 Å². The number of piperazine rings is 1. The number of aromatic nitrogens is 5. The number of pyridine rings is 1. The summed E-state index contributed by atoms with van der Waals surface area (Å²) in [5.41, 5.74) is 1.20. The van der Waals surface area contributed by atoms with Crippen molar-refractivity contribution in [3.63, 3.8) is 0 Å². The first-order chi connectivity index (χ1) is 17.2. The van der Waals surface area contributed by atoms with E-state index >= 15 is 0 Å². The van der Waals surface area contributed by atoms with Crippen LogP contribution in [-0.4, -0.2) is 78.9 Å². The summed E-state index contributed by atoms with van der Waals surface area (Å²) in [7, 11) is 0. The molecule has 0 bridgehead atoms. The third kappa shape index (κ3) is 4.90. The van der Waals surface area contributed by atoms with Gasteiger partial charge in [-0.1, -0.05) is 0 Å². The molecule has 36 heavy (non-hydrogen) atoms. The number of carbonyl (C=O) groups excluding carboxylic acids is 1. The zero-order chi connectivity index (χ0) is 25.4. The first kappa shape index (κ1) is 24.2. The molecule has 3 aromatic rings. The quantitative estimate of drug-likeness (QED) is 0.545. The van der Waals surface area contributed by atoms with Crippen LogP contribution >= 0.6 is 0 Å². The second-order valence-corrected chi connectivity index (χ2v) is 9.37. The molecular formula is C24H27F3N8O. The molecule has 190 valence electrons. The summed E-state index contributed by atoms with van der Waals surface area (Å²) < 4.78 is 40.3. The number of amides is 1. The van der Waals surface area contributed by atoms with E-state index in [9.17, 15) is 18.0 Å². The topological polar surface area (TPSA) is 83.3 Å². The maximum atomic E-state index is 13.2. The highest BCUT2D eigenvalue weighted by molar-refractivity contribution is 5.78. The summed E-state index contributed by atoms with van der Waals surface area (Å²) in [4.78, 5) is 23.3. The molecule has 5 rings (SSSR count). The molecule has 0 radical (unpaired) electrons. The number of hydrogen-bond donors (Lipinski definition) is 0. The molecule has 0 aromatic carbocycles. The molecule has 0 spiro atoms. The summed E-state index contributed by atoms with van der Waals surface area (Å²) in [6, 6.07) is 6.16. The van der Waals surface area contributed by atoms with Crippen molar-refractivity contribution >= 4 is 11.7 Å². The minimum atomic E-state index is -4.41. The molecule has 3 aromatic heterocycles. The van der Waals surface area contributed by atoms with Gasteiger partial charge >= 0.3 is 6.18 Å². The maximum Gasteiger partial charge on any atom is 0.417 e. The third-order valence-electron chi connectivity index (χ3n) is 6.82. The average molecular weight is 501 g/mol. The van der Waals surface area contributed by atoms with E-state index in [0.717, 1.165) is 23.5 Å². The molecule has 0 aliphatic carbocycles. The molecule has 2 aliphatic heterocycles. The molecule has 0 saturated carbocycles. The number of halogens is 3. The summed E-state index contributed by atoms with van der Waals surface area (Å²) in [5, 5.41) is 12.6. The van der Waals surface area contributed by atoms with Crippen LogP contribution in [-0.2, 0) is 23.9 Å². The maximum absolute atomic E-state index is 13.2.